The van der Waals surface area contributed by atoms with Crippen LogP contribution in [-0.4, -0.2) is 39.5 Å². The first kappa shape index (κ1) is 15.1. The molecule has 18 heavy (non-hydrogen) atoms. The fraction of sp³-hybridized carbons (Fsp3) is 0.500. The van der Waals surface area contributed by atoms with E-state index in [0.29, 0.717) is 13.1 Å². The number of hydrogen-bond acceptors (Lipinski definition) is 4. The number of methoxy groups -OCH3 is 1. The molecule has 1 aromatic carbocycles. The Labute approximate surface area is 109 Å². The van der Waals surface area contributed by atoms with Crippen LogP contribution in [0.1, 0.15) is 12.5 Å². The summed E-state index contributed by atoms with van der Waals surface area (Å²) >= 11 is 0. The van der Waals surface area contributed by atoms with Gasteiger partial charge in [-0.2, -0.15) is 4.31 Å². The third-order valence-electron chi connectivity index (χ3n) is 2.78. The molecule has 1 rings (SSSR count). The highest BCUT2D eigenvalue weighted by Gasteiger charge is 2.22. The molecule has 0 fully saturated rings. The lowest BCUT2D eigenvalue weighted by molar-refractivity contribution is 0.104. The van der Waals surface area contributed by atoms with Crippen LogP contribution in [0.3, 0.4) is 0 Å². The van der Waals surface area contributed by atoms with Crippen LogP contribution >= 0.6 is 0 Å². The molecule has 6 heteroatoms. The van der Waals surface area contributed by atoms with E-state index in [1.807, 2.05) is 6.92 Å². The topological polar surface area (TPSA) is 72.6 Å². The first-order valence-corrected chi connectivity index (χ1v) is 7.14. The van der Waals surface area contributed by atoms with E-state index >= 15 is 0 Å². The van der Waals surface area contributed by atoms with E-state index in [1.54, 1.807) is 38.4 Å². The van der Waals surface area contributed by atoms with E-state index < -0.39 is 10.0 Å². The molecule has 1 aromatic rings. The third kappa shape index (κ3) is 3.52. The average molecular weight is 272 g/mol. The largest absolute Gasteiger partial charge is 0.380 e. The van der Waals surface area contributed by atoms with Crippen LogP contribution in [0.25, 0.3) is 0 Å². The Balaban J connectivity index is 2.90. The van der Waals surface area contributed by atoms with Crippen molar-refractivity contribution >= 4 is 10.0 Å². The third-order valence-corrected chi connectivity index (χ3v) is 4.62. The van der Waals surface area contributed by atoms with E-state index in [0.717, 1.165) is 5.56 Å². The van der Waals surface area contributed by atoms with Gasteiger partial charge in [0.15, 0.2) is 0 Å². The zero-order valence-electron chi connectivity index (χ0n) is 11.0. The lowest BCUT2D eigenvalue weighted by Crippen LogP contribution is -2.33. The number of sulfonamides is 1. The quantitative estimate of drug-likeness (QED) is 0.831. The van der Waals surface area contributed by atoms with Gasteiger partial charge < -0.3 is 10.5 Å². The Kier molecular flexibility index (Phi) is 5.28. The molecule has 0 heterocycles. The molecule has 0 radical (unpaired) electrons. The van der Waals surface area contributed by atoms with Gasteiger partial charge in [0.05, 0.1) is 11.0 Å². The molecule has 0 aliphatic rings. The van der Waals surface area contributed by atoms with Crippen LogP contribution in [0.4, 0.5) is 0 Å². The van der Waals surface area contributed by atoms with Crippen molar-refractivity contribution in [3.8, 4) is 0 Å². The highest BCUT2D eigenvalue weighted by Crippen LogP contribution is 2.15. The lowest BCUT2D eigenvalue weighted by Gasteiger charge is -2.20. The van der Waals surface area contributed by atoms with Gasteiger partial charge in [0, 0.05) is 27.2 Å². The van der Waals surface area contributed by atoms with Gasteiger partial charge in [0.1, 0.15) is 0 Å². The molecule has 0 spiro atoms. The van der Waals surface area contributed by atoms with Crippen LogP contribution in [0, 0.1) is 0 Å². The molecule has 0 saturated carbocycles. The predicted octanol–water partition coefficient (Wildman–Crippen LogP) is 0.801. The summed E-state index contributed by atoms with van der Waals surface area (Å²) in [6.07, 6.45) is -0.145. The van der Waals surface area contributed by atoms with Crippen LogP contribution in [-0.2, 0) is 21.3 Å². The number of hydrogen-bond donors (Lipinski definition) is 1. The van der Waals surface area contributed by atoms with Gasteiger partial charge in [-0.25, -0.2) is 8.42 Å². The van der Waals surface area contributed by atoms with Crippen LogP contribution in [0.15, 0.2) is 29.2 Å². The van der Waals surface area contributed by atoms with Crippen molar-refractivity contribution < 1.29 is 13.2 Å². The van der Waals surface area contributed by atoms with Gasteiger partial charge in [-0.1, -0.05) is 12.1 Å². The van der Waals surface area contributed by atoms with Crippen LogP contribution in [0.2, 0.25) is 0 Å². The number of rotatable bonds is 6. The van der Waals surface area contributed by atoms with E-state index in [4.69, 9.17) is 10.5 Å². The zero-order chi connectivity index (χ0) is 13.8. The second-order valence-corrected chi connectivity index (χ2v) is 6.22. The number of likely N-dealkylation sites (N-methyl/N-ethyl adjacent to an activating group) is 1. The van der Waals surface area contributed by atoms with Crippen molar-refractivity contribution in [2.24, 2.45) is 5.73 Å². The molecule has 0 aromatic heterocycles. The summed E-state index contributed by atoms with van der Waals surface area (Å²) in [6.45, 7) is 2.54. The summed E-state index contributed by atoms with van der Waals surface area (Å²) in [5.41, 5.74) is 6.38. The standard InChI is InChI=1S/C12H20N2O3S/c1-10(17-3)9-14(2)18(15,16)12-6-4-11(8-13)5-7-12/h4-7,10H,8-9,13H2,1-3H3. The van der Waals surface area contributed by atoms with E-state index in [-0.39, 0.29) is 11.0 Å². The Morgan fingerprint density at radius 2 is 1.89 bits per heavy atom. The summed E-state index contributed by atoms with van der Waals surface area (Å²) in [4.78, 5) is 0.269. The monoisotopic (exact) mass is 272 g/mol. The average Bonchev–Trinajstić information content (AvgIpc) is 2.38. The second kappa shape index (κ2) is 6.29. The molecule has 0 bridgehead atoms. The highest BCUT2D eigenvalue weighted by molar-refractivity contribution is 7.89. The maximum absolute atomic E-state index is 12.2. The fourth-order valence-electron chi connectivity index (χ4n) is 1.51. The molecule has 0 amide bonds. The predicted molar refractivity (Wildman–Crippen MR) is 70.6 cm³/mol. The number of nitrogens with zero attached hydrogens (tertiary/aromatic N) is 1. The van der Waals surface area contributed by atoms with Crippen molar-refractivity contribution in [2.75, 3.05) is 20.7 Å². The zero-order valence-corrected chi connectivity index (χ0v) is 11.8. The molecular formula is C12H20N2O3S. The smallest absolute Gasteiger partial charge is 0.242 e. The van der Waals surface area contributed by atoms with E-state index in [1.165, 1.54) is 4.31 Å². The molecular weight excluding hydrogens is 252 g/mol. The van der Waals surface area contributed by atoms with Crippen LogP contribution < -0.4 is 5.73 Å². The van der Waals surface area contributed by atoms with Crippen molar-refractivity contribution in [2.45, 2.75) is 24.5 Å². The van der Waals surface area contributed by atoms with E-state index in [9.17, 15) is 8.42 Å². The van der Waals surface area contributed by atoms with E-state index in [2.05, 4.69) is 0 Å². The molecule has 102 valence electrons. The van der Waals surface area contributed by atoms with Crippen LogP contribution in [0.5, 0.6) is 0 Å². The SMILES string of the molecule is COC(C)CN(C)S(=O)(=O)c1ccc(CN)cc1. The Hall–Kier alpha value is -0.950. The second-order valence-electron chi connectivity index (χ2n) is 4.18. The number of ether oxygens (including phenoxy) is 1. The first-order chi connectivity index (χ1) is 8.41. The minimum atomic E-state index is -3.46. The normalized spacial score (nSPS) is 13.8. The van der Waals surface area contributed by atoms with Gasteiger partial charge in [0.25, 0.3) is 0 Å². The van der Waals surface area contributed by atoms with Crippen molar-refractivity contribution in [3.63, 3.8) is 0 Å². The molecule has 5 nitrogen and oxygen atoms in total. The summed E-state index contributed by atoms with van der Waals surface area (Å²) < 4.78 is 30.8. The Bertz CT molecular complexity index is 471. The summed E-state index contributed by atoms with van der Waals surface area (Å²) in [5.74, 6) is 0. The van der Waals surface area contributed by atoms with Crippen molar-refractivity contribution in [1.29, 1.82) is 0 Å². The fourth-order valence-corrected chi connectivity index (χ4v) is 2.76. The molecule has 0 aliphatic heterocycles. The Morgan fingerprint density at radius 3 is 2.33 bits per heavy atom. The maximum Gasteiger partial charge on any atom is 0.242 e. The first-order valence-electron chi connectivity index (χ1n) is 5.70. The molecule has 0 saturated heterocycles. The summed E-state index contributed by atoms with van der Waals surface area (Å²) in [7, 11) is -0.357. The highest BCUT2D eigenvalue weighted by atomic mass is 32.2. The minimum Gasteiger partial charge on any atom is -0.380 e. The van der Waals surface area contributed by atoms with Gasteiger partial charge in [-0.05, 0) is 24.6 Å². The maximum atomic E-state index is 12.2. The molecule has 2 N–H and O–H groups in total. The molecule has 0 aliphatic carbocycles. The summed E-state index contributed by atoms with van der Waals surface area (Å²) in [6, 6.07) is 6.60. The van der Waals surface area contributed by atoms with Gasteiger partial charge in [-0.15, -0.1) is 0 Å². The van der Waals surface area contributed by atoms with Crippen molar-refractivity contribution in [1.82, 2.24) is 4.31 Å². The minimum absolute atomic E-state index is 0.145. The van der Waals surface area contributed by atoms with Gasteiger partial charge in [0.2, 0.25) is 10.0 Å². The molecule has 1 atom stereocenters. The Morgan fingerprint density at radius 1 is 1.33 bits per heavy atom. The molecule has 1 unspecified atom stereocenters. The lowest BCUT2D eigenvalue weighted by atomic mass is 10.2. The number of benzene rings is 1. The summed E-state index contributed by atoms with van der Waals surface area (Å²) in [5, 5.41) is 0. The van der Waals surface area contributed by atoms with Crippen molar-refractivity contribution in [3.05, 3.63) is 29.8 Å². The number of nitrogens with two attached hydrogens (primary N) is 1. The van der Waals surface area contributed by atoms with Gasteiger partial charge >= 0.3 is 0 Å². The van der Waals surface area contributed by atoms with Gasteiger partial charge in [-0.3, -0.25) is 0 Å².